The summed E-state index contributed by atoms with van der Waals surface area (Å²) >= 11 is 4.40. The second-order valence-corrected chi connectivity index (χ2v) is 15.0. The van der Waals surface area contributed by atoms with Crippen LogP contribution in [0.5, 0.6) is 0 Å². The fraction of sp³-hybridized carbons (Fsp3) is 0. The van der Waals surface area contributed by atoms with Crippen LogP contribution in [0.1, 0.15) is 31.3 Å². The van der Waals surface area contributed by atoms with Crippen LogP contribution in [0.25, 0.3) is 66.3 Å². The normalized spacial score (nSPS) is 10.0. The molecule has 0 aliphatic carbocycles. The molecule has 3 aromatic carbocycles. The monoisotopic (exact) mass is 780 g/mol. The largest absolute Gasteiger partial charge is 0.208 e. The van der Waals surface area contributed by atoms with E-state index in [1.54, 1.807) is 0 Å². The maximum Gasteiger partial charge on any atom is 0.174 e. The molecular formula is C48H24N6S3. The minimum absolute atomic E-state index is 0.556. The van der Waals surface area contributed by atoms with E-state index >= 15 is 0 Å². The molecule has 0 fully saturated rings. The summed E-state index contributed by atoms with van der Waals surface area (Å²) in [5.74, 6) is 19.2. The van der Waals surface area contributed by atoms with Crippen molar-refractivity contribution < 1.29 is 0 Å². The lowest BCUT2D eigenvalue weighted by atomic mass is 10.1. The second kappa shape index (κ2) is 17.1. The van der Waals surface area contributed by atoms with Gasteiger partial charge >= 0.3 is 0 Å². The predicted molar refractivity (Wildman–Crippen MR) is 234 cm³/mol. The van der Waals surface area contributed by atoms with Gasteiger partial charge in [0.1, 0.15) is 0 Å². The molecule has 8 rings (SSSR count). The number of nitrogens with zero attached hydrogens (tertiary/aromatic N) is 6. The summed E-state index contributed by atoms with van der Waals surface area (Å²) in [5, 5.41) is 0. The summed E-state index contributed by atoms with van der Waals surface area (Å²) in [7, 11) is 0. The van der Waals surface area contributed by atoms with Gasteiger partial charge in [0.15, 0.2) is 34.9 Å². The first-order valence-electron chi connectivity index (χ1n) is 16.8. The summed E-state index contributed by atoms with van der Waals surface area (Å²) in [4.78, 5) is 33.1. The molecule has 0 saturated heterocycles. The molecule has 0 amide bonds. The van der Waals surface area contributed by atoms with E-state index in [1.807, 2.05) is 109 Å². The maximum absolute atomic E-state index is 5.49. The first-order chi connectivity index (χ1) is 27.9. The minimum Gasteiger partial charge on any atom is -0.208 e. The number of rotatable bonds is 6. The van der Waals surface area contributed by atoms with E-state index in [1.165, 1.54) is 34.0 Å². The van der Waals surface area contributed by atoms with Crippen LogP contribution in [0, 0.1) is 74.1 Å². The molecule has 57 heavy (non-hydrogen) atoms. The van der Waals surface area contributed by atoms with Crippen LogP contribution in [-0.4, -0.2) is 29.9 Å². The molecule has 0 spiro atoms. The highest BCUT2D eigenvalue weighted by atomic mass is 32.1. The Bertz CT molecular complexity index is 2660. The highest BCUT2D eigenvalue weighted by Crippen LogP contribution is 2.33. The third-order valence-corrected chi connectivity index (χ3v) is 11.1. The van der Waals surface area contributed by atoms with Gasteiger partial charge in [-0.2, -0.15) is 0 Å². The van der Waals surface area contributed by atoms with Gasteiger partial charge in [0, 0.05) is 33.4 Å². The van der Waals surface area contributed by atoms with E-state index in [-0.39, 0.29) is 0 Å². The van der Waals surface area contributed by atoms with Crippen molar-refractivity contribution in [3.63, 3.8) is 0 Å². The molecule has 0 radical (unpaired) electrons. The van der Waals surface area contributed by atoms with Gasteiger partial charge in [0.2, 0.25) is 0 Å². The van der Waals surface area contributed by atoms with Crippen LogP contribution >= 0.6 is 34.0 Å². The number of thiophene rings is 3. The Morgan fingerprint density at radius 1 is 0.281 bits per heavy atom. The van der Waals surface area contributed by atoms with Crippen LogP contribution in [-0.2, 0) is 0 Å². The summed E-state index contributed by atoms with van der Waals surface area (Å²) in [6.07, 6.45) is 32.9. The van der Waals surface area contributed by atoms with Crippen molar-refractivity contribution in [3.8, 4) is 140 Å². The van der Waals surface area contributed by atoms with Crippen LogP contribution in [0.4, 0.5) is 0 Å². The maximum atomic E-state index is 5.49. The first kappa shape index (κ1) is 37.5. The van der Waals surface area contributed by atoms with E-state index < -0.39 is 0 Å². The Morgan fingerprint density at radius 2 is 0.526 bits per heavy atom. The summed E-state index contributed by atoms with van der Waals surface area (Å²) in [6, 6.07) is 34.0. The van der Waals surface area contributed by atoms with Crippen molar-refractivity contribution in [1.29, 1.82) is 0 Å². The minimum atomic E-state index is 0.556. The molecule has 5 aromatic heterocycles. The average Bonchev–Trinajstić information content (AvgIpc) is 4.09. The summed E-state index contributed by atoms with van der Waals surface area (Å²) < 4.78 is 0. The standard InChI is InChI=1S/C27H15N3.C21H9N3S3/c1-4-19-7-13-22(14-8-19)25-28-26(23-15-9-20(5-2)10-16-23)30-27(29-25)24-17-11-21(6-3)12-18-24;1-4-13-7-10-16(25-13)19-22-20(17-11-8-14(5-2)26-17)24-21(23-19)18-12-9-15(6-3)27-18/h1-3,7-18H;1-3,7-12H. The number of benzene rings is 3. The first-order valence-corrected chi connectivity index (χ1v) is 19.3. The van der Waals surface area contributed by atoms with Crippen LogP contribution in [0.15, 0.2) is 109 Å². The van der Waals surface area contributed by atoms with Crippen LogP contribution in [0.2, 0.25) is 0 Å². The van der Waals surface area contributed by atoms with Crippen molar-refractivity contribution in [2.45, 2.75) is 0 Å². The van der Waals surface area contributed by atoms with Gasteiger partial charge in [-0.1, -0.05) is 35.5 Å². The Balaban J connectivity index is 0.000000175. The van der Waals surface area contributed by atoms with E-state index in [2.05, 4.69) is 65.4 Å². The highest BCUT2D eigenvalue weighted by Gasteiger charge is 2.16. The quantitative estimate of drug-likeness (QED) is 0.157. The van der Waals surface area contributed by atoms with E-state index in [9.17, 15) is 0 Å². The lowest BCUT2D eigenvalue weighted by molar-refractivity contribution is 1.07. The fourth-order valence-electron chi connectivity index (χ4n) is 5.22. The zero-order valence-electron chi connectivity index (χ0n) is 29.8. The molecule has 0 unspecified atom stereocenters. The van der Waals surface area contributed by atoms with Gasteiger partial charge in [0.25, 0.3) is 0 Å². The molecule has 5 heterocycles. The van der Waals surface area contributed by atoms with Crippen LogP contribution < -0.4 is 0 Å². The van der Waals surface area contributed by atoms with Gasteiger partial charge < -0.3 is 0 Å². The van der Waals surface area contributed by atoms with Gasteiger partial charge in [-0.05, 0) is 109 Å². The molecule has 9 heteroatoms. The van der Waals surface area contributed by atoms with Crippen molar-refractivity contribution in [1.82, 2.24) is 29.9 Å². The molecule has 0 aliphatic heterocycles. The zero-order chi connectivity index (χ0) is 39.7. The Labute approximate surface area is 342 Å². The predicted octanol–water partition coefficient (Wildman–Crippen LogP) is 9.82. The number of hydrogen-bond acceptors (Lipinski definition) is 9. The number of terminal acetylenes is 6. The molecule has 8 aromatic rings. The van der Waals surface area contributed by atoms with E-state index in [0.717, 1.165) is 62.6 Å². The van der Waals surface area contributed by atoms with Gasteiger partial charge in [-0.15, -0.1) is 72.6 Å². The lowest BCUT2D eigenvalue weighted by Gasteiger charge is -2.09. The van der Waals surface area contributed by atoms with Crippen LogP contribution in [0.3, 0.4) is 0 Å². The Morgan fingerprint density at radius 3 is 0.737 bits per heavy atom. The smallest absolute Gasteiger partial charge is 0.174 e. The Hall–Kier alpha value is -7.86. The van der Waals surface area contributed by atoms with E-state index in [4.69, 9.17) is 38.5 Å². The van der Waals surface area contributed by atoms with Crippen molar-refractivity contribution in [2.24, 2.45) is 0 Å². The third kappa shape index (κ3) is 8.60. The second-order valence-electron chi connectivity index (χ2n) is 11.7. The van der Waals surface area contributed by atoms with E-state index in [0.29, 0.717) is 34.9 Å². The summed E-state index contributed by atoms with van der Waals surface area (Å²) in [5.41, 5.74) is 4.92. The third-order valence-electron chi connectivity index (χ3n) is 8.11. The van der Waals surface area contributed by atoms with Crippen molar-refractivity contribution in [2.75, 3.05) is 0 Å². The average molecular weight is 781 g/mol. The van der Waals surface area contributed by atoms with Gasteiger partial charge in [-0.3, -0.25) is 0 Å². The highest BCUT2D eigenvalue weighted by molar-refractivity contribution is 7.16. The molecule has 0 N–H and O–H groups in total. The SMILES string of the molecule is C#Cc1ccc(-c2nc(-c3ccc(C#C)cc3)nc(-c3ccc(C#C)cc3)n2)cc1.C#Cc1ccc(-c2nc(-c3ccc(C#C)s3)nc(-c3ccc(C#C)s3)n2)s1. The number of aromatic nitrogens is 6. The molecule has 264 valence electrons. The number of hydrogen-bond donors (Lipinski definition) is 0. The van der Waals surface area contributed by atoms with Gasteiger partial charge in [0.05, 0.1) is 29.3 Å². The topological polar surface area (TPSA) is 77.3 Å². The van der Waals surface area contributed by atoms with Crippen molar-refractivity contribution >= 4 is 34.0 Å². The molecular weight excluding hydrogens is 757 g/mol. The summed E-state index contributed by atoms with van der Waals surface area (Å²) in [6.45, 7) is 0. The molecule has 0 bridgehead atoms. The van der Waals surface area contributed by atoms with Gasteiger partial charge in [-0.25, -0.2) is 29.9 Å². The molecule has 0 saturated carbocycles. The van der Waals surface area contributed by atoms with Crippen molar-refractivity contribution in [3.05, 3.63) is 141 Å². The lowest BCUT2D eigenvalue weighted by Crippen LogP contribution is -2.00. The molecule has 0 atom stereocenters. The fourth-order valence-corrected chi connectivity index (χ4v) is 7.47. The molecule has 0 aliphatic rings. The zero-order valence-corrected chi connectivity index (χ0v) is 32.2. The Kier molecular flexibility index (Phi) is 11.2. The molecule has 6 nitrogen and oxygen atoms in total.